The number of allylic oxidation sites excluding steroid dienone is 4. The van der Waals surface area contributed by atoms with Gasteiger partial charge in [0.05, 0.1) is 0 Å². The second kappa shape index (κ2) is 5.71. The zero-order chi connectivity index (χ0) is 14.9. The van der Waals surface area contributed by atoms with Crippen molar-refractivity contribution in [1.82, 2.24) is 0 Å². The average molecular weight is 320 g/mol. The molecule has 0 spiro atoms. The first-order chi connectivity index (χ1) is 10.8. The zero-order valence-corrected chi connectivity index (χ0v) is 14.0. The van der Waals surface area contributed by atoms with Crippen LogP contribution in [0.5, 0.6) is 0 Å². The number of thiophene rings is 2. The molecule has 1 aliphatic carbocycles. The molecule has 1 aromatic carbocycles. The molecule has 0 aliphatic heterocycles. The minimum Gasteiger partial charge on any atom is -0.143 e. The fraction of sp³-hybridized carbons (Fsp3) is 0.100. The van der Waals surface area contributed by atoms with Crippen LogP contribution < -0.4 is 0 Å². The summed E-state index contributed by atoms with van der Waals surface area (Å²) < 4.78 is 0. The lowest BCUT2D eigenvalue weighted by molar-refractivity contribution is 1.01. The van der Waals surface area contributed by atoms with E-state index in [4.69, 9.17) is 0 Å². The van der Waals surface area contributed by atoms with E-state index < -0.39 is 0 Å². The number of benzene rings is 1. The van der Waals surface area contributed by atoms with Crippen LogP contribution in [0.3, 0.4) is 0 Å². The molecule has 22 heavy (non-hydrogen) atoms. The summed E-state index contributed by atoms with van der Waals surface area (Å²) in [6.45, 7) is 2.31. The highest BCUT2D eigenvalue weighted by atomic mass is 32.1. The van der Waals surface area contributed by atoms with Gasteiger partial charge in [-0.3, -0.25) is 0 Å². The molecule has 0 saturated carbocycles. The number of hydrogen-bond acceptors (Lipinski definition) is 2. The summed E-state index contributed by atoms with van der Waals surface area (Å²) in [4.78, 5) is 4.11. The predicted molar refractivity (Wildman–Crippen MR) is 99.2 cm³/mol. The molecule has 4 rings (SSSR count). The molecule has 3 aromatic rings. The van der Waals surface area contributed by atoms with Gasteiger partial charge in [0.25, 0.3) is 0 Å². The van der Waals surface area contributed by atoms with Gasteiger partial charge in [-0.25, -0.2) is 0 Å². The van der Waals surface area contributed by atoms with Crippen molar-refractivity contribution in [3.05, 3.63) is 82.6 Å². The third kappa shape index (κ3) is 2.39. The molecule has 2 heterocycles. The summed E-state index contributed by atoms with van der Waals surface area (Å²) in [6.07, 6.45) is 4.57. The molecule has 0 nitrogen and oxygen atoms in total. The quantitative estimate of drug-likeness (QED) is 0.510. The Labute approximate surface area is 139 Å². The average Bonchev–Trinajstić information content (AvgIpc) is 3.28. The molecule has 0 N–H and O–H groups in total. The monoisotopic (exact) mass is 320 g/mol. The van der Waals surface area contributed by atoms with E-state index in [9.17, 15) is 0 Å². The normalized spacial score (nSPS) is 17.4. The number of hydrogen-bond donors (Lipinski definition) is 0. The van der Waals surface area contributed by atoms with Gasteiger partial charge in [0, 0.05) is 20.5 Å². The van der Waals surface area contributed by atoms with Crippen molar-refractivity contribution < 1.29 is 0 Å². The molecule has 1 aliphatic rings. The van der Waals surface area contributed by atoms with Crippen molar-refractivity contribution in [3.63, 3.8) is 0 Å². The standard InChI is InChI=1S/C20H16S2/c1-14-16(15-6-3-2-4-7-15)9-10-17(14)18-11-12-20(22-18)19-8-5-13-21-19/h2-14H,1H3. The van der Waals surface area contributed by atoms with Crippen molar-refractivity contribution in [1.29, 1.82) is 0 Å². The fourth-order valence-electron chi connectivity index (χ4n) is 2.95. The largest absolute Gasteiger partial charge is 0.143 e. The summed E-state index contributed by atoms with van der Waals surface area (Å²) in [7, 11) is 0. The minimum atomic E-state index is 0.456. The van der Waals surface area contributed by atoms with Crippen LogP contribution in [0.4, 0.5) is 0 Å². The first-order valence-corrected chi connectivity index (χ1v) is 9.14. The highest BCUT2D eigenvalue weighted by Crippen LogP contribution is 2.43. The second-order valence-corrected chi connectivity index (χ2v) is 7.50. The van der Waals surface area contributed by atoms with Crippen LogP contribution in [0.25, 0.3) is 20.9 Å². The van der Waals surface area contributed by atoms with E-state index in [-0.39, 0.29) is 0 Å². The van der Waals surface area contributed by atoms with Crippen molar-refractivity contribution in [2.24, 2.45) is 5.92 Å². The fourth-order valence-corrected chi connectivity index (χ4v) is 4.91. The van der Waals surface area contributed by atoms with Crippen LogP contribution in [0.15, 0.2) is 72.1 Å². The van der Waals surface area contributed by atoms with Gasteiger partial charge in [0.1, 0.15) is 0 Å². The number of rotatable bonds is 3. The molecular weight excluding hydrogens is 304 g/mol. The van der Waals surface area contributed by atoms with Crippen LogP contribution in [-0.2, 0) is 0 Å². The van der Waals surface area contributed by atoms with Gasteiger partial charge in [0.15, 0.2) is 0 Å². The third-order valence-corrected chi connectivity index (χ3v) is 6.34. The Kier molecular flexibility index (Phi) is 3.57. The maximum absolute atomic E-state index is 2.31. The second-order valence-electron chi connectivity index (χ2n) is 5.47. The maximum Gasteiger partial charge on any atom is 0.0449 e. The van der Waals surface area contributed by atoms with Crippen LogP contribution in [-0.4, -0.2) is 0 Å². The van der Waals surface area contributed by atoms with E-state index >= 15 is 0 Å². The van der Waals surface area contributed by atoms with E-state index in [1.54, 1.807) is 0 Å². The Bertz CT molecular complexity index is 833. The SMILES string of the molecule is CC1C(c2ccccc2)=CC=C1c1ccc(-c2cccs2)s1. The first-order valence-electron chi connectivity index (χ1n) is 7.44. The van der Waals surface area contributed by atoms with Gasteiger partial charge in [-0.05, 0) is 40.3 Å². The van der Waals surface area contributed by atoms with Crippen molar-refractivity contribution in [3.8, 4) is 9.75 Å². The molecule has 2 aromatic heterocycles. The Morgan fingerprint density at radius 3 is 2.27 bits per heavy atom. The molecule has 0 saturated heterocycles. The van der Waals surface area contributed by atoms with E-state index in [1.807, 2.05) is 22.7 Å². The van der Waals surface area contributed by atoms with Crippen molar-refractivity contribution in [2.45, 2.75) is 6.92 Å². The smallest absolute Gasteiger partial charge is 0.0449 e. The van der Waals surface area contributed by atoms with Crippen LogP contribution >= 0.6 is 22.7 Å². The Morgan fingerprint density at radius 1 is 0.727 bits per heavy atom. The molecule has 108 valence electrons. The van der Waals surface area contributed by atoms with E-state index in [0.29, 0.717) is 5.92 Å². The lowest BCUT2D eigenvalue weighted by Gasteiger charge is -2.13. The highest BCUT2D eigenvalue weighted by molar-refractivity contribution is 7.21. The molecular formula is C20H16S2. The summed E-state index contributed by atoms with van der Waals surface area (Å²) in [6, 6.07) is 19.5. The van der Waals surface area contributed by atoms with Gasteiger partial charge in [-0.1, -0.05) is 55.5 Å². The zero-order valence-electron chi connectivity index (χ0n) is 12.3. The van der Waals surface area contributed by atoms with Crippen LogP contribution in [0, 0.1) is 5.92 Å². The van der Waals surface area contributed by atoms with Gasteiger partial charge in [-0.2, -0.15) is 0 Å². The van der Waals surface area contributed by atoms with E-state index in [1.165, 1.54) is 31.3 Å². The first kappa shape index (κ1) is 13.7. The molecule has 0 bridgehead atoms. The Balaban J connectivity index is 1.61. The van der Waals surface area contributed by atoms with Crippen molar-refractivity contribution >= 4 is 33.8 Å². The Morgan fingerprint density at radius 2 is 1.50 bits per heavy atom. The molecule has 0 fully saturated rings. The summed E-state index contributed by atoms with van der Waals surface area (Å²) in [5.74, 6) is 0.456. The van der Waals surface area contributed by atoms with Gasteiger partial charge >= 0.3 is 0 Å². The summed E-state index contributed by atoms with van der Waals surface area (Å²) >= 11 is 3.71. The Hall–Kier alpha value is -1.90. The van der Waals surface area contributed by atoms with Crippen molar-refractivity contribution in [2.75, 3.05) is 0 Å². The molecule has 0 amide bonds. The molecule has 1 atom stereocenters. The topological polar surface area (TPSA) is 0 Å². The lowest BCUT2D eigenvalue weighted by atomic mass is 9.92. The minimum absolute atomic E-state index is 0.456. The third-order valence-electron chi connectivity index (χ3n) is 4.14. The lowest BCUT2D eigenvalue weighted by Crippen LogP contribution is -1.96. The van der Waals surface area contributed by atoms with Gasteiger partial charge in [0.2, 0.25) is 0 Å². The predicted octanol–water partition coefficient (Wildman–Crippen LogP) is 6.59. The van der Waals surface area contributed by atoms with Gasteiger partial charge < -0.3 is 0 Å². The van der Waals surface area contributed by atoms with E-state index in [0.717, 1.165) is 0 Å². The highest BCUT2D eigenvalue weighted by Gasteiger charge is 2.22. The van der Waals surface area contributed by atoms with Gasteiger partial charge in [-0.15, -0.1) is 22.7 Å². The molecule has 0 radical (unpaired) electrons. The molecule has 2 heteroatoms. The summed E-state index contributed by atoms with van der Waals surface area (Å²) in [5, 5.41) is 2.14. The maximum atomic E-state index is 2.31. The molecule has 1 unspecified atom stereocenters. The van der Waals surface area contributed by atoms with Crippen LogP contribution in [0.2, 0.25) is 0 Å². The van der Waals surface area contributed by atoms with Crippen LogP contribution in [0.1, 0.15) is 17.4 Å². The van der Waals surface area contributed by atoms with E-state index in [2.05, 4.69) is 79.1 Å². The summed E-state index contributed by atoms with van der Waals surface area (Å²) in [5.41, 5.74) is 4.18.